The fourth-order valence-corrected chi connectivity index (χ4v) is 3.14. The minimum atomic E-state index is -0.454. The Labute approximate surface area is 96.4 Å². The molecule has 1 N–H and O–H groups in total. The van der Waals surface area contributed by atoms with E-state index in [0.29, 0.717) is 12.5 Å². The Morgan fingerprint density at radius 1 is 1.44 bits per heavy atom. The molecule has 16 heavy (non-hydrogen) atoms. The first-order valence-corrected chi connectivity index (χ1v) is 6.17. The maximum absolute atomic E-state index is 11.1. The van der Waals surface area contributed by atoms with E-state index in [1.54, 1.807) is 6.92 Å². The lowest BCUT2D eigenvalue weighted by molar-refractivity contribution is 0.152. The number of hydrazone groups is 1. The molecule has 0 spiro atoms. The largest absolute Gasteiger partial charge is 0.449 e. The van der Waals surface area contributed by atoms with E-state index in [2.05, 4.69) is 10.5 Å². The van der Waals surface area contributed by atoms with Crippen molar-refractivity contribution in [3.63, 3.8) is 0 Å². The highest BCUT2D eigenvalue weighted by molar-refractivity contribution is 5.86. The summed E-state index contributed by atoms with van der Waals surface area (Å²) >= 11 is 0. The molecule has 2 rings (SSSR count). The summed E-state index contributed by atoms with van der Waals surface area (Å²) < 4.78 is 4.76. The molecule has 1 amide bonds. The number of nitrogens with zero attached hydrogens (tertiary/aromatic N) is 1. The average molecular weight is 224 g/mol. The Bertz CT molecular complexity index is 301. The van der Waals surface area contributed by atoms with Gasteiger partial charge in [-0.15, -0.1) is 0 Å². The van der Waals surface area contributed by atoms with Crippen molar-refractivity contribution in [1.29, 1.82) is 0 Å². The molecule has 2 saturated carbocycles. The normalized spacial score (nSPS) is 32.9. The lowest BCUT2D eigenvalue weighted by Gasteiger charge is -2.21. The van der Waals surface area contributed by atoms with Crippen LogP contribution in [0.5, 0.6) is 0 Å². The van der Waals surface area contributed by atoms with E-state index in [-0.39, 0.29) is 0 Å². The first-order valence-electron chi connectivity index (χ1n) is 6.17. The predicted octanol–water partition coefficient (Wildman–Crippen LogP) is 2.54. The molecule has 0 heterocycles. The molecule has 0 saturated heterocycles. The van der Waals surface area contributed by atoms with Gasteiger partial charge in [0.25, 0.3) is 0 Å². The number of ether oxygens (including phenoxy) is 1. The Hall–Kier alpha value is -1.06. The van der Waals surface area contributed by atoms with Gasteiger partial charge in [-0.3, -0.25) is 0 Å². The van der Waals surface area contributed by atoms with Crippen molar-refractivity contribution in [3.05, 3.63) is 0 Å². The molecule has 0 aromatic carbocycles. The molecule has 2 bridgehead atoms. The summed E-state index contributed by atoms with van der Waals surface area (Å²) in [5.74, 6) is 2.29. The van der Waals surface area contributed by atoms with E-state index >= 15 is 0 Å². The molecule has 90 valence electrons. The van der Waals surface area contributed by atoms with Crippen molar-refractivity contribution in [1.82, 2.24) is 5.43 Å². The maximum atomic E-state index is 11.1. The van der Waals surface area contributed by atoms with Gasteiger partial charge >= 0.3 is 6.09 Å². The molecule has 0 unspecified atom stereocenters. The van der Waals surface area contributed by atoms with Gasteiger partial charge in [0.2, 0.25) is 0 Å². The van der Waals surface area contributed by atoms with Gasteiger partial charge in [-0.05, 0) is 44.9 Å². The fourth-order valence-electron chi connectivity index (χ4n) is 3.14. The molecular formula is C12H20N2O2. The number of nitrogens with one attached hydrogen (secondary N) is 1. The van der Waals surface area contributed by atoms with Crippen LogP contribution >= 0.6 is 0 Å². The summed E-state index contributed by atoms with van der Waals surface area (Å²) in [4.78, 5) is 11.1. The molecule has 4 nitrogen and oxygen atoms in total. The molecule has 0 radical (unpaired) electrons. The molecular weight excluding hydrogens is 204 g/mol. The predicted molar refractivity (Wildman–Crippen MR) is 62.2 cm³/mol. The zero-order chi connectivity index (χ0) is 11.5. The van der Waals surface area contributed by atoms with Crippen LogP contribution in [0.3, 0.4) is 0 Å². The topological polar surface area (TPSA) is 50.7 Å². The summed E-state index contributed by atoms with van der Waals surface area (Å²) in [7, 11) is 0. The van der Waals surface area contributed by atoms with E-state index < -0.39 is 6.09 Å². The molecule has 2 aliphatic rings. The Kier molecular flexibility index (Phi) is 3.46. The molecule has 2 fully saturated rings. The van der Waals surface area contributed by atoms with Crippen molar-refractivity contribution < 1.29 is 9.53 Å². The number of hydrogen-bond donors (Lipinski definition) is 1. The van der Waals surface area contributed by atoms with Crippen molar-refractivity contribution in [2.24, 2.45) is 22.9 Å². The van der Waals surface area contributed by atoms with Crippen LogP contribution in [-0.2, 0) is 4.74 Å². The Morgan fingerprint density at radius 3 is 2.81 bits per heavy atom. The second kappa shape index (κ2) is 4.85. The lowest BCUT2D eigenvalue weighted by Crippen LogP contribution is -2.25. The summed E-state index contributed by atoms with van der Waals surface area (Å²) in [6.45, 7) is 4.18. The van der Waals surface area contributed by atoms with Gasteiger partial charge in [-0.1, -0.05) is 6.42 Å². The number of hydrogen-bond acceptors (Lipinski definition) is 3. The monoisotopic (exact) mass is 224 g/mol. The molecule has 0 aliphatic heterocycles. The third kappa shape index (κ3) is 2.36. The lowest BCUT2D eigenvalue weighted by atomic mass is 9.86. The van der Waals surface area contributed by atoms with Crippen LogP contribution in [0.25, 0.3) is 0 Å². The van der Waals surface area contributed by atoms with Crippen molar-refractivity contribution in [3.8, 4) is 0 Å². The van der Waals surface area contributed by atoms with E-state index in [1.807, 2.05) is 6.92 Å². The molecule has 3 atom stereocenters. The highest BCUT2D eigenvalue weighted by Gasteiger charge is 2.40. The van der Waals surface area contributed by atoms with Gasteiger partial charge in [-0.2, -0.15) is 5.10 Å². The van der Waals surface area contributed by atoms with Crippen LogP contribution in [0.2, 0.25) is 0 Å². The molecule has 0 aromatic rings. The second-order valence-corrected chi connectivity index (χ2v) is 4.87. The van der Waals surface area contributed by atoms with Crippen molar-refractivity contribution in [2.45, 2.75) is 39.5 Å². The number of carbonyl (C=O) groups excluding carboxylic acids is 1. The molecule has 0 aromatic heterocycles. The van der Waals surface area contributed by atoms with Crippen molar-refractivity contribution >= 4 is 11.8 Å². The zero-order valence-electron chi connectivity index (χ0n) is 10.0. The SMILES string of the molecule is CCOC(=O)N/N=C(/C)[C@H]1C[C@H]2CC[C@H]1C2. The smallest absolute Gasteiger partial charge is 0.427 e. The van der Waals surface area contributed by atoms with Crippen LogP contribution < -0.4 is 5.43 Å². The first-order chi connectivity index (χ1) is 7.70. The fraction of sp³-hybridized carbons (Fsp3) is 0.833. The van der Waals surface area contributed by atoms with Crippen LogP contribution in [0, 0.1) is 17.8 Å². The number of rotatable bonds is 3. The third-order valence-corrected chi connectivity index (χ3v) is 3.87. The second-order valence-electron chi connectivity index (χ2n) is 4.87. The van der Waals surface area contributed by atoms with Gasteiger partial charge in [0, 0.05) is 11.6 Å². The Balaban J connectivity index is 1.85. The highest BCUT2D eigenvalue weighted by Crippen LogP contribution is 2.48. The van der Waals surface area contributed by atoms with Gasteiger partial charge in [0.05, 0.1) is 6.61 Å². The summed E-state index contributed by atoms with van der Waals surface area (Å²) in [5.41, 5.74) is 3.50. The molecule has 2 aliphatic carbocycles. The Morgan fingerprint density at radius 2 is 2.25 bits per heavy atom. The third-order valence-electron chi connectivity index (χ3n) is 3.87. The van der Waals surface area contributed by atoms with Gasteiger partial charge in [0.1, 0.15) is 0 Å². The van der Waals surface area contributed by atoms with E-state index in [4.69, 9.17) is 4.74 Å². The summed E-state index contributed by atoms with van der Waals surface area (Å²) in [6.07, 6.45) is 4.88. The summed E-state index contributed by atoms with van der Waals surface area (Å²) in [5, 5.41) is 4.14. The number of amides is 1. The van der Waals surface area contributed by atoms with Crippen LogP contribution in [0.4, 0.5) is 4.79 Å². The van der Waals surface area contributed by atoms with Gasteiger partial charge in [0.15, 0.2) is 0 Å². The minimum absolute atomic E-state index is 0.383. The highest BCUT2D eigenvalue weighted by atomic mass is 16.5. The van der Waals surface area contributed by atoms with E-state index in [0.717, 1.165) is 17.5 Å². The summed E-state index contributed by atoms with van der Waals surface area (Å²) in [6, 6.07) is 0. The van der Waals surface area contributed by atoms with Gasteiger partial charge in [-0.25, -0.2) is 10.2 Å². The zero-order valence-corrected chi connectivity index (χ0v) is 10.0. The van der Waals surface area contributed by atoms with Crippen LogP contribution in [0.15, 0.2) is 5.10 Å². The van der Waals surface area contributed by atoms with E-state index in [9.17, 15) is 4.79 Å². The maximum Gasteiger partial charge on any atom is 0.427 e. The number of carbonyl (C=O) groups is 1. The quantitative estimate of drug-likeness (QED) is 0.591. The van der Waals surface area contributed by atoms with Gasteiger partial charge < -0.3 is 4.74 Å². The standard InChI is InChI=1S/C12H20N2O2/c1-3-16-12(15)14-13-8(2)11-7-9-4-5-10(11)6-9/h9-11H,3-7H2,1-2H3,(H,14,15)/b13-8-/t9-,10-,11+/m0/s1. The van der Waals surface area contributed by atoms with Crippen LogP contribution in [0.1, 0.15) is 39.5 Å². The van der Waals surface area contributed by atoms with E-state index in [1.165, 1.54) is 25.7 Å². The molecule has 4 heteroatoms. The van der Waals surface area contributed by atoms with Crippen LogP contribution in [-0.4, -0.2) is 18.4 Å². The van der Waals surface area contributed by atoms with Crippen molar-refractivity contribution in [2.75, 3.05) is 6.61 Å². The first kappa shape index (κ1) is 11.4. The number of fused-ring (bicyclic) bond motifs is 2. The average Bonchev–Trinajstić information content (AvgIpc) is 2.88. The minimum Gasteiger partial charge on any atom is -0.449 e.